The van der Waals surface area contributed by atoms with E-state index in [-0.39, 0.29) is 5.95 Å². The number of hydrogen-bond donors (Lipinski definition) is 2. The molecular formula is C5H6N4O. The highest BCUT2D eigenvalue weighted by atomic mass is 16.4. The lowest BCUT2D eigenvalue weighted by Crippen LogP contribution is -1.96. The molecule has 0 aliphatic carbocycles. The maximum Gasteiger partial charge on any atom is 0.220 e. The van der Waals surface area contributed by atoms with Crippen LogP contribution in [0.25, 0.3) is 0 Å². The highest BCUT2D eigenvalue weighted by molar-refractivity contribution is 5.76. The van der Waals surface area contributed by atoms with Crippen LogP contribution in [0.4, 0.5) is 5.95 Å². The van der Waals surface area contributed by atoms with Crippen LogP contribution in [0.2, 0.25) is 0 Å². The lowest BCUT2D eigenvalue weighted by Gasteiger charge is -1.90. The van der Waals surface area contributed by atoms with Crippen LogP contribution in [0.15, 0.2) is 17.4 Å². The Morgan fingerprint density at radius 3 is 3.10 bits per heavy atom. The van der Waals surface area contributed by atoms with Gasteiger partial charge < -0.3 is 10.9 Å². The van der Waals surface area contributed by atoms with Crippen molar-refractivity contribution in [1.82, 2.24) is 9.97 Å². The number of nitrogens with zero attached hydrogens (tertiary/aromatic N) is 3. The predicted octanol–water partition coefficient (Wildman–Crippen LogP) is -0.133. The van der Waals surface area contributed by atoms with Crippen LogP contribution in [0.5, 0.6) is 0 Å². The molecule has 0 saturated carbocycles. The maximum atomic E-state index is 8.08. The van der Waals surface area contributed by atoms with E-state index in [1.807, 2.05) is 0 Å². The van der Waals surface area contributed by atoms with Gasteiger partial charge in [0.2, 0.25) is 5.95 Å². The van der Waals surface area contributed by atoms with Crippen LogP contribution in [-0.2, 0) is 0 Å². The Labute approximate surface area is 57.2 Å². The molecule has 0 atom stereocenters. The summed E-state index contributed by atoms with van der Waals surface area (Å²) in [5.74, 6) is 0.164. The minimum absolute atomic E-state index is 0.164. The Hall–Kier alpha value is -1.65. The van der Waals surface area contributed by atoms with E-state index in [1.165, 1.54) is 12.4 Å². The molecule has 3 N–H and O–H groups in total. The van der Waals surface area contributed by atoms with E-state index in [1.54, 1.807) is 6.07 Å². The van der Waals surface area contributed by atoms with E-state index in [9.17, 15) is 0 Å². The first-order valence-electron chi connectivity index (χ1n) is 2.59. The molecule has 0 aliphatic heterocycles. The van der Waals surface area contributed by atoms with E-state index in [4.69, 9.17) is 10.9 Å². The van der Waals surface area contributed by atoms with Crippen molar-refractivity contribution in [2.24, 2.45) is 5.16 Å². The third-order valence-electron chi connectivity index (χ3n) is 0.886. The normalized spacial score (nSPS) is 10.4. The number of nitrogen functional groups attached to an aromatic ring is 1. The van der Waals surface area contributed by atoms with Crippen molar-refractivity contribution in [1.29, 1.82) is 0 Å². The third-order valence-corrected chi connectivity index (χ3v) is 0.886. The molecule has 10 heavy (non-hydrogen) atoms. The highest BCUT2D eigenvalue weighted by Gasteiger charge is 1.89. The van der Waals surface area contributed by atoms with Gasteiger partial charge in [-0.3, -0.25) is 0 Å². The molecule has 0 radical (unpaired) electrons. The molecule has 5 heteroatoms. The zero-order valence-corrected chi connectivity index (χ0v) is 5.10. The van der Waals surface area contributed by atoms with Crippen LogP contribution in [-0.4, -0.2) is 21.4 Å². The summed E-state index contributed by atoms with van der Waals surface area (Å²) in [6, 6.07) is 1.58. The van der Waals surface area contributed by atoms with Crippen molar-refractivity contribution in [3.63, 3.8) is 0 Å². The molecule has 0 aliphatic rings. The summed E-state index contributed by atoms with van der Waals surface area (Å²) in [4.78, 5) is 7.37. The number of hydrogen-bond acceptors (Lipinski definition) is 5. The van der Waals surface area contributed by atoms with Gasteiger partial charge in [0.25, 0.3) is 0 Å². The first kappa shape index (κ1) is 6.47. The molecule has 0 spiro atoms. The second-order valence-corrected chi connectivity index (χ2v) is 1.58. The summed E-state index contributed by atoms with van der Waals surface area (Å²) < 4.78 is 0. The number of rotatable bonds is 1. The SMILES string of the molecule is Nc1nccc(/C=N/O)n1. The molecule has 0 amide bonds. The second kappa shape index (κ2) is 2.77. The third kappa shape index (κ3) is 1.41. The van der Waals surface area contributed by atoms with Crippen molar-refractivity contribution in [3.8, 4) is 0 Å². The first-order valence-corrected chi connectivity index (χ1v) is 2.59. The molecule has 0 aromatic carbocycles. The molecule has 0 fully saturated rings. The van der Waals surface area contributed by atoms with E-state index < -0.39 is 0 Å². The fourth-order valence-corrected chi connectivity index (χ4v) is 0.519. The van der Waals surface area contributed by atoms with Gasteiger partial charge in [0.15, 0.2) is 0 Å². The van der Waals surface area contributed by atoms with Gasteiger partial charge >= 0.3 is 0 Å². The van der Waals surface area contributed by atoms with E-state index >= 15 is 0 Å². The van der Waals surface area contributed by atoms with Gasteiger partial charge in [-0.25, -0.2) is 9.97 Å². The summed E-state index contributed by atoms with van der Waals surface area (Å²) in [6.45, 7) is 0. The molecule has 1 heterocycles. The topological polar surface area (TPSA) is 84.4 Å². The fraction of sp³-hybridized carbons (Fsp3) is 0. The Bertz CT molecular complexity index is 247. The van der Waals surface area contributed by atoms with Crippen molar-refractivity contribution in [3.05, 3.63) is 18.0 Å². The van der Waals surface area contributed by atoms with E-state index in [0.29, 0.717) is 5.69 Å². The second-order valence-electron chi connectivity index (χ2n) is 1.58. The van der Waals surface area contributed by atoms with Crippen molar-refractivity contribution >= 4 is 12.2 Å². The number of nitrogens with two attached hydrogens (primary N) is 1. The quantitative estimate of drug-likeness (QED) is 0.321. The molecule has 1 aromatic rings. The van der Waals surface area contributed by atoms with Crippen molar-refractivity contribution in [2.45, 2.75) is 0 Å². The summed E-state index contributed by atoms with van der Waals surface area (Å²) in [5.41, 5.74) is 5.70. The van der Waals surface area contributed by atoms with Crippen LogP contribution in [0, 0.1) is 0 Å². The van der Waals surface area contributed by atoms with Crippen LogP contribution in [0.1, 0.15) is 5.69 Å². The van der Waals surface area contributed by atoms with Gasteiger partial charge in [-0.2, -0.15) is 0 Å². The lowest BCUT2D eigenvalue weighted by molar-refractivity contribution is 0.321. The average molecular weight is 138 g/mol. The Morgan fingerprint density at radius 2 is 2.50 bits per heavy atom. The monoisotopic (exact) mass is 138 g/mol. The Balaban J connectivity index is 2.95. The zero-order valence-electron chi connectivity index (χ0n) is 5.10. The van der Waals surface area contributed by atoms with Gasteiger partial charge in [0, 0.05) is 6.20 Å². The first-order chi connectivity index (χ1) is 4.83. The molecular weight excluding hydrogens is 132 g/mol. The fourth-order valence-electron chi connectivity index (χ4n) is 0.519. The minimum Gasteiger partial charge on any atom is -0.411 e. The largest absolute Gasteiger partial charge is 0.411 e. The maximum absolute atomic E-state index is 8.08. The standard InChI is InChI=1S/C5H6N4O/c6-5-7-2-1-4(9-5)3-8-10/h1-3,10H,(H2,6,7,9)/b8-3+. The average Bonchev–Trinajstić information content (AvgIpc) is 1.88. The van der Waals surface area contributed by atoms with Gasteiger partial charge in [-0.15, -0.1) is 0 Å². The predicted molar refractivity (Wildman–Crippen MR) is 35.8 cm³/mol. The van der Waals surface area contributed by atoms with E-state index in [0.717, 1.165) is 0 Å². The van der Waals surface area contributed by atoms with Crippen LogP contribution in [0.3, 0.4) is 0 Å². The highest BCUT2D eigenvalue weighted by Crippen LogP contribution is 1.91. The van der Waals surface area contributed by atoms with Crippen molar-refractivity contribution in [2.75, 3.05) is 5.73 Å². The molecule has 5 nitrogen and oxygen atoms in total. The van der Waals surface area contributed by atoms with Gasteiger partial charge in [-0.05, 0) is 6.07 Å². The van der Waals surface area contributed by atoms with Crippen molar-refractivity contribution < 1.29 is 5.21 Å². The van der Waals surface area contributed by atoms with Gasteiger partial charge in [-0.1, -0.05) is 5.16 Å². The molecule has 0 unspecified atom stereocenters. The summed E-state index contributed by atoms with van der Waals surface area (Å²) in [7, 11) is 0. The zero-order chi connectivity index (χ0) is 7.40. The summed E-state index contributed by atoms with van der Waals surface area (Å²) in [5, 5.41) is 10.9. The minimum atomic E-state index is 0.164. The van der Waals surface area contributed by atoms with Crippen LogP contribution >= 0.6 is 0 Å². The molecule has 1 aromatic heterocycles. The molecule has 0 saturated heterocycles. The van der Waals surface area contributed by atoms with Gasteiger partial charge in [0.05, 0.1) is 11.9 Å². The molecule has 0 bridgehead atoms. The number of anilines is 1. The van der Waals surface area contributed by atoms with Gasteiger partial charge in [0.1, 0.15) is 0 Å². The Morgan fingerprint density at radius 1 is 1.70 bits per heavy atom. The van der Waals surface area contributed by atoms with E-state index in [2.05, 4.69) is 15.1 Å². The number of oxime groups is 1. The Kier molecular flexibility index (Phi) is 1.79. The molecule has 52 valence electrons. The number of aromatic nitrogens is 2. The summed E-state index contributed by atoms with van der Waals surface area (Å²) in [6.07, 6.45) is 2.66. The smallest absolute Gasteiger partial charge is 0.220 e. The lowest BCUT2D eigenvalue weighted by atomic mass is 10.4. The summed E-state index contributed by atoms with van der Waals surface area (Å²) >= 11 is 0. The van der Waals surface area contributed by atoms with Crippen LogP contribution < -0.4 is 5.73 Å². The molecule has 1 rings (SSSR count).